The molecule has 132 valence electrons. The van der Waals surface area contributed by atoms with Crippen molar-refractivity contribution in [1.29, 1.82) is 0 Å². The van der Waals surface area contributed by atoms with E-state index in [9.17, 15) is 4.79 Å². The van der Waals surface area contributed by atoms with E-state index in [1.807, 2.05) is 24.3 Å². The molecule has 4 rings (SSSR count). The van der Waals surface area contributed by atoms with Gasteiger partial charge in [0, 0.05) is 12.2 Å². The van der Waals surface area contributed by atoms with Gasteiger partial charge in [0.15, 0.2) is 11.5 Å². The summed E-state index contributed by atoms with van der Waals surface area (Å²) >= 11 is 0. The number of rotatable bonds is 3. The smallest absolute Gasteiger partial charge is 0.261 e. The van der Waals surface area contributed by atoms with Gasteiger partial charge in [-0.05, 0) is 54.0 Å². The summed E-state index contributed by atoms with van der Waals surface area (Å²) in [7, 11) is 3.22. The summed E-state index contributed by atoms with van der Waals surface area (Å²) in [5, 5.41) is 0.593. The number of nitrogens with two attached hydrogens (primary N) is 1. The number of hydrogen-bond donors (Lipinski definition) is 1. The standard InChI is InChI=1S/C20H19N3O3/c1-25-17-6-3-12(10-18(17)26-2)9-13-7-8-23-19(13)22-16-11-14(21)4-5-15(16)20(23)24/h3-6,9-11H,7-8,21H2,1-2H3/b13-9+. The van der Waals surface area contributed by atoms with Crippen LogP contribution in [0.5, 0.6) is 11.5 Å². The summed E-state index contributed by atoms with van der Waals surface area (Å²) in [5.41, 5.74) is 9.02. The Kier molecular flexibility index (Phi) is 3.88. The molecule has 2 N–H and O–H groups in total. The monoisotopic (exact) mass is 349 g/mol. The third-order valence-electron chi connectivity index (χ3n) is 4.62. The Morgan fingerprint density at radius 3 is 2.69 bits per heavy atom. The zero-order chi connectivity index (χ0) is 18.3. The van der Waals surface area contributed by atoms with Crippen molar-refractivity contribution in [1.82, 2.24) is 9.55 Å². The Balaban J connectivity index is 1.84. The van der Waals surface area contributed by atoms with Crippen LogP contribution in [0.4, 0.5) is 5.69 Å². The Morgan fingerprint density at radius 1 is 1.12 bits per heavy atom. The van der Waals surface area contributed by atoms with E-state index >= 15 is 0 Å². The largest absolute Gasteiger partial charge is 0.493 e. The molecule has 0 spiro atoms. The van der Waals surface area contributed by atoms with Crippen LogP contribution in [0, 0.1) is 0 Å². The highest BCUT2D eigenvalue weighted by Crippen LogP contribution is 2.32. The number of methoxy groups -OCH3 is 2. The van der Waals surface area contributed by atoms with Crippen molar-refractivity contribution < 1.29 is 9.47 Å². The molecule has 0 atom stereocenters. The minimum atomic E-state index is -0.0271. The zero-order valence-corrected chi connectivity index (χ0v) is 14.7. The number of allylic oxidation sites excluding steroid dienone is 1. The molecule has 0 saturated heterocycles. The van der Waals surface area contributed by atoms with E-state index in [1.165, 1.54) is 0 Å². The van der Waals surface area contributed by atoms with Crippen molar-refractivity contribution in [2.75, 3.05) is 20.0 Å². The van der Waals surface area contributed by atoms with E-state index in [1.54, 1.807) is 37.0 Å². The fraction of sp³-hybridized carbons (Fsp3) is 0.200. The molecule has 2 heterocycles. The van der Waals surface area contributed by atoms with Gasteiger partial charge in [0.2, 0.25) is 0 Å². The molecule has 6 heteroatoms. The van der Waals surface area contributed by atoms with Gasteiger partial charge in [0.05, 0.1) is 25.1 Å². The van der Waals surface area contributed by atoms with Gasteiger partial charge in [-0.1, -0.05) is 6.07 Å². The third kappa shape index (κ3) is 2.60. The molecule has 26 heavy (non-hydrogen) atoms. The van der Waals surface area contributed by atoms with E-state index < -0.39 is 0 Å². The SMILES string of the molecule is COc1ccc(/C=C2\CCn3c2nc2cc(N)ccc2c3=O)cc1OC. The Labute approximate surface area is 150 Å². The van der Waals surface area contributed by atoms with Crippen molar-refractivity contribution in [2.45, 2.75) is 13.0 Å². The van der Waals surface area contributed by atoms with Crippen LogP contribution in [0.1, 0.15) is 17.8 Å². The molecular weight excluding hydrogens is 330 g/mol. The van der Waals surface area contributed by atoms with Crippen LogP contribution in [0.25, 0.3) is 22.6 Å². The fourth-order valence-corrected chi connectivity index (χ4v) is 3.32. The average Bonchev–Trinajstić information content (AvgIpc) is 3.04. The van der Waals surface area contributed by atoms with Crippen molar-refractivity contribution in [3.8, 4) is 11.5 Å². The number of hydrogen-bond acceptors (Lipinski definition) is 5. The summed E-state index contributed by atoms with van der Waals surface area (Å²) in [6.45, 7) is 0.626. The van der Waals surface area contributed by atoms with Crippen molar-refractivity contribution in [3.63, 3.8) is 0 Å². The van der Waals surface area contributed by atoms with Crippen LogP contribution in [0.15, 0.2) is 41.2 Å². The highest BCUT2D eigenvalue weighted by molar-refractivity contribution is 5.86. The minimum absolute atomic E-state index is 0.0271. The van der Waals surface area contributed by atoms with Crippen LogP contribution < -0.4 is 20.8 Å². The van der Waals surface area contributed by atoms with E-state index in [4.69, 9.17) is 20.2 Å². The number of anilines is 1. The first-order valence-electron chi connectivity index (χ1n) is 8.34. The first-order chi connectivity index (χ1) is 12.6. The summed E-state index contributed by atoms with van der Waals surface area (Å²) in [4.78, 5) is 17.4. The van der Waals surface area contributed by atoms with Crippen LogP contribution in [0.3, 0.4) is 0 Å². The van der Waals surface area contributed by atoms with E-state index in [2.05, 4.69) is 0 Å². The van der Waals surface area contributed by atoms with Gasteiger partial charge in [-0.15, -0.1) is 0 Å². The lowest BCUT2D eigenvalue weighted by molar-refractivity contribution is 0.355. The molecule has 0 aliphatic carbocycles. The Bertz CT molecular complexity index is 1100. The predicted molar refractivity (Wildman–Crippen MR) is 102 cm³/mol. The van der Waals surface area contributed by atoms with Gasteiger partial charge in [0.1, 0.15) is 5.82 Å². The van der Waals surface area contributed by atoms with Crippen LogP contribution >= 0.6 is 0 Å². The molecule has 0 unspecified atom stereocenters. The number of aromatic nitrogens is 2. The number of fused-ring (bicyclic) bond motifs is 2. The molecule has 6 nitrogen and oxygen atoms in total. The first-order valence-corrected chi connectivity index (χ1v) is 8.34. The minimum Gasteiger partial charge on any atom is -0.493 e. The van der Waals surface area contributed by atoms with Crippen LogP contribution in [0.2, 0.25) is 0 Å². The van der Waals surface area contributed by atoms with Crippen molar-refractivity contribution in [2.24, 2.45) is 0 Å². The molecule has 1 aliphatic rings. The Hall–Kier alpha value is -3.28. The first kappa shape index (κ1) is 16.2. The van der Waals surface area contributed by atoms with E-state index in [0.29, 0.717) is 40.5 Å². The van der Waals surface area contributed by atoms with E-state index in [-0.39, 0.29) is 5.56 Å². The molecule has 3 aromatic rings. The second-order valence-corrected chi connectivity index (χ2v) is 6.20. The maximum atomic E-state index is 12.7. The summed E-state index contributed by atoms with van der Waals surface area (Å²) in [6.07, 6.45) is 2.79. The van der Waals surface area contributed by atoms with Gasteiger partial charge in [-0.25, -0.2) is 4.98 Å². The Morgan fingerprint density at radius 2 is 1.92 bits per heavy atom. The number of benzene rings is 2. The molecule has 2 aromatic carbocycles. The summed E-state index contributed by atoms with van der Waals surface area (Å²) in [5.74, 6) is 2.04. The topological polar surface area (TPSA) is 79.4 Å². The van der Waals surface area contributed by atoms with Gasteiger partial charge >= 0.3 is 0 Å². The molecule has 1 aromatic heterocycles. The lowest BCUT2D eigenvalue weighted by Gasteiger charge is -2.09. The molecule has 0 saturated carbocycles. The van der Waals surface area contributed by atoms with Gasteiger partial charge in [0.25, 0.3) is 5.56 Å². The molecule has 0 radical (unpaired) electrons. The normalized spacial score (nSPS) is 14.6. The van der Waals surface area contributed by atoms with Crippen LogP contribution in [-0.4, -0.2) is 23.8 Å². The summed E-state index contributed by atoms with van der Waals surface area (Å²) < 4.78 is 12.4. The van der Waals surface area contributed by atoms with Gasteiger partial charge < -0.3 is 15.2 Å². The molecule has 1 aliphatic heterocycles. The number of nitrogen functional groups attached to an aromatic ring is 1. The molecule has 0 bridgehead atoms. The maximum absolute atomic E-state index is 12.7. The van der Waals surface area contributed by atoms with Gasteiger partial charge in [-0.3, -0.25) is 9.36 Å². The fourth-order valence-electron chi connectivity index (χ4n) is 3.32. The lowest BCUT2D eigenvalue weighted by Crippen LogP contribution is -2.20. The second-order valence-electron chi connectivity index (χ2n) is 6.20. The van der Waals surface area contributed by atoms with Crippen LogP contribution in [-0.2, 0) is 6.54 Å². The molecular formula is C20H19N3O3. The zero-order valence-electron chi connectivity index (χ0n) is 14.7. The molecule has 0 fully saturated rings. The molecule has 0 amide bonds. The van der Waals surface area contributed by atoms with Crippen molar-refractivity contribution >= 4 is 28.2 Å². The van der Waals surface area contributed by atoms with E-state index in [0.717, 1.165) is 17.6 Å². The van der Waals surface area contributed by atoms with Gasteiger partial charge in [-0.2, -0.15) is 0 Å². The highest BCUT2D eigenvalue weighted by atomic mass is 16.5. The van der Waals surface area contributed by atoms with Crippen molar-refractivity contribution in [3.05, 3.63) is 58.1 Å². The average molecular weight is 349 g/mol. The second kappa shape index (κ2) is 6.22. The number of nitrogens with zero attached hydrogens (tertiary/aromatic N) is 2. The predicted octanol–water partition coefficient (Wildman–Crippen LogP) is 2.94. The lowest BCUT2D eigenvalue weighted by atomic mass is 10.1. The maximum Gasteiger partial charge on any atom is 0.261 e. The summed E-state index contributed by atoms with van der Waals surface area (Å²) in [6, 6.07) is 10.9. The highest BCUT2D eigenvalue weighted by Gasteiger charge is 2.21. The third-order valence-corrected chi connectivity index (χ3v) is 4.62. The quantitative estimate of drug-likeness (QED) is 0.736. The number of ether oxygens (including phenoxy) is 2.